The topological polar surface area (TPSA) is 71.7 Å². The molecule has 2 fully saturated rings. The lowest BCUT2D eigenvalue weighted by atomic mass is 9.58. The van der Waals surface area contributed by atoms with Crippen LogP contribution >= 0.6 is 11.6 Å². The van der Waals surface area contributed by atoms with Gasteiger partial charge in [-0.2, -0.15) is 0 Å². The van der Waals surface area contributed by atoms with Gasteiger partial charge in [-0.25, -0.2) is 0 Å². The summed E-state index contributed by atoms with van der Waals surface area (Å²) in [6.45, 7) is 1.27. The standard InChI is InChI=1S/C13H16ClNO4/c14-11-8(1-4-19-11)12(17)15-9-7-10(16)13(9)2-5-18-6-3-13/h1,4,9-10,16H,2-3,5-7H2,(H,15,17)/t9-,10-/m1/s1. The van der Waals surface area contributed by atoms with Crippen LogP contribution in [0.25, 0.3) is 0 Å². The predicted octanol–water partition coefficient (Wildman–Crippen LogP) is 1.59. The van der Waals surface area contributed by atoms with Crippen LogP contribution < -0.4 is 5.32 Å². The number of carbonyl (C=O) groups is 1. The van der Waals surface area contributed by atoms with Gasteiger partial charge in [0, 0.05) is 24.7 Å². The molecule has 19 heavy (non-hydrogen) atoms. The maximum Gasteiger partial charge on any atom is 0.256 e. The lowest BCUT2D eigenvalue weighted by Crippen LogP contribution is -2.65. The van der Waals surface area contributed by atoms with E-state index in [1.165, 1.54) is 6.26 Å². The number of hydrogen-bond donors (Lipinski definition) is 2. The summed E-state index contributed by atoms with van der Waals surface area (Å²) >= 11 is 5.79. The van der Waals surface area contributed by atoms with E-state index in [1.54, 1.807) is 6.07 Å². The van der Waals surface area contributed by atoms with E-state index in [1.807, 2.05) is 0 Å². The van der Waals surface area contributed by atoms with Crippen LogP contribution in [0.5, 0.6) is 0 Å². The van der Waals surface area contributed by atoms with Crippen LogP contribution in [-0.2, 0) is 4.74 Å². The molecule has 2 aliphatic rings. The third-order valence-electron chi connectivity index (χ3n) is 4.41. The van der Waals surface area contributed by atoms with E-state index in [2.05, 4.69) is 5.32 Å². The van der Waals surface area contributed by atoms with E-state index in [4.69, 9.17) is 20.8 Å². The van der Waals surface area contributed by atoms with Crippen molar-refractivity contribution in [2.45, 2.75) is 31.4 Å². The van der Waals surface area contributed by atoms with Crippen molar-refractivity contribution in [2.24, 2.45) is 5.41 Å². The number of aliphatic hydroxyl groups is 1. The molecule has 5 nitrogen and oxygen atoms in total. The number of hydrogen-bond acceptors (Lipinski definition) is 4. The average molecular weight is 286 g/mol. The fourth-order valence-electron chi connectivity index (χ4n) is 3.09. The van der Waals surface area contributed by atoms with E-state index in [9.17, 15) is 9.90 Å². The first-order valence-corrected chi connectivity index (χ1v) is 6.81. The Bertz CT molecular complexity index is 481. The molecule has 1 saturated carbocycles. The zero-order valence-corrected chi connectivity index (χ0v) is 11.2. The molecular formula is C13H16ClNO4. The summed E-state index contributed by atoms with van der Waals surface area (Å²) in [5.74, 6) is -0.249. The fourth-order valence-corrected chi connectivity index (χ4v) is 3.29. The van der Waals surface area contributed by atoms with Gasteiger partial charge in [-0.1, -0.05) is 0 Å². The van der Waals surface area contributed by atoms with Crippen LogP contribution in [0.15, 0.2) is 16.7 Å². The van der Waals surface area contributed by atoms with Crippen molar-refractivity contribution in [1.82, 2.24) is 5.32 Å². The predicted molar refractivity (Wildman–Crippen MR) is 68.1 cm³/mol. The normalized spacial score (nSPS) is 28.9. The van der Waals surface area contributed by atoms with Gasteiger partial charge in [0.05, 0.1) is 17.9 Å². The average Bonchev–Trinajstić information content (AvgIpc) is 2.85. The number of nitrogens with one attached hydrogen (secondary N) is 1. The molecule has 2 atom stereocenters. The van der Waals surface area contributed by atoms with Crippen molar-refractivity contribution in [2.75, 3.05) is 13.2 Å². The molecule has 0 bridgehead atoms. The maximum absolute atomic E-state index is 12.1. The van der Waals surface area contributed by atoms with E-state index >= 15 is 0 Å². The molecule has 3 rings (SSSR count). The summed E-state index contributed by atoms with van der Waals surface area (Å²) in [5, 5.41) is 13.1. The third-order valence-corrected chi connectivity index (χ3v) is 4.70. The minimum Gasteiger partial charge on any atom is -0.452 e. The van der Waals surface area contributed by atoms with Crippen LogP contribution in [0.4, 0.5) is 0 Å². The van der Waals surface area contributed by atoms with Crippen molar-refractivity contribution < 1.29 is 19.1 Å². The molecule has 2 heterocycles. The molecule has 1 aliphatic carbocycles. The molecular weight excluding hydrogens is 270 g/mol. The first kappa shape index (κ1) is 13.0. The summed E-state index contributed by atoms with van der Waals surface area (Å²) < 4.78 is 10.2. The first-order chi connectivity index (χ1) is 9.13. The van der Waals surface area contributed by atoms with Gasteiger partial charge in [0.1, 0.15) is 0 Å². The largest absolute Gasteiger partial charge is 0.452 e. The highest BCUT2D eigenvalue weighted by Gasteiger charge is 2.55. The van der Waals surface area contributed by atoms with Crippen molar-refractivity contribution in [3.8, 4) is 0 Å². The van der Waals surface area contributed by atoms with Gasteiger partial charge in [0.25, 0.3) is 5.91 Å². The van der Waals surface area contributed by atoms with Crippen LogP contribution in [0.1, 0.15) is 29.6 Å². The van der Waals surface area contributed by atoms with Crippen molar-refractivity contribution >= 4 is 17.5 Å². The van der Waals surface area contributed by atoms with Gasteiger partial charge < -0.3 is 19.6 Å². The Labute approximate surface area is 115 Å². The lowest BCUT2D eigenvalue weighted by molar-refractivity contribution is -0.145. The SMILES string of the molecule is O=C(N[C@@H]1C[C@@H](O)C12CCOCC2)c1ccoc1Cl. The highest BCUT2D eigenvalue weighted by Crippen LogP contribution is 2.49. The number of amides is 1. The smallest absolute Gasteiger partial charge is 0.256 e. The Morgan fingerprint density at radius 1 is 1.47 bits per heavy atom. The molecule has 1 spiro atoms. The maximum atomic E-state index is 12.1. The zero-order chi connectivity index (χ0) is 13.5. The van der Waals surface area contributed by atoms with E-state index in [0.29, 0.717) is 25.2 Å². The Kier molecular flexibility index (Phi) is 3.28. The highest BCUT2D eigenvalue weighted by atomic mass is 35.5. The lowest BCUT2D eigenvalue weighted by Gasteiger charge is -2.55. The number of ether oxygens (including phenoxy) is 1. The van der Waals surface area contributed by atoms with Crippen molar-refractivity contribution in [3.63, 3.8) is 0 Å². The van der Waals surface area contributed by atoms with Gasteiger partial charge in [0.15, 0.2) is 0 Å². The summed E-state index contributed by atoms with van der Waals surface area (Å²) in [5.41, 5.74) is 0.106. The summed E-state index contributed by atoms with van der Waals surface area (Å²) in [6, 6.07) is 1.52. The number of halogens is 1. The molecule has 1 amide bonds. The number of aliphatic hydroxyl groups excluding tert-OH is 1. The molecule has 0 radical (unpaired) electrons. The van der Waals surface area contributed by atoms with Gasteiger partial charge in [-0.05, 0) is 36.9 Å². The van der Waals surface area contributed by atoms with Crippen LogP contribution in [-0.4, -0.2) is 36.4 Å². The minimum absolute atomic E-state index is 0.0233. The molecule has 6 heteroatoms. The number of furan rings is 1. The zero-order valence-electron chi connectivity index (χ0n) is 10.4. The van der Waals surface area contributed by atoms with Crippen LogP contribution in [0.2, 0.25) is 5.22 Å². The molecule has 1 aromatic heterocycles. The molecule has 2 N–H and O–H groups in total. The summed E-state index contributed by atoms with van der Waals surface area (Å²) in [4.78, 5) is 12.1. The van der Waals surface area contributed by atoms with Crippen molar-refractivity contribution in [1.29, 1.82) is 0 Å². The van der Waals surface area contributed by atoms with Crippen molar-refractivity contribution in [3.05, 3.63) is 23.1 Å². The quantitative estimate of drug-likeness (QED) is 0.866. The Morgan fingerprint density at radius 3 is 2.79 bits per heavy atom. The third kappa shape index (κ3) is 2.06. The van der Waals surface area contributed by atoms with Crippen LogP contribution in [0.3, 0.4) is 0 Å². The summed E-state index contributed by atoms with van der Waals surface area (Å²) in [7, 11) is 0. The second-order valence-corrected chi connectivity index (χ2v) is 5.57. The second-order valence-electron chi connectivity index (χ2n) is 5.23. The Hall–Kier alpha value is -1.04. The molecule has 0 aromatic carbocycles. The second kappa shape index (κ2) is 4.81. The fraction of sp³-hybridized carbons (Fsp3) is 0.615. The minimum atomic E-state index is -0.360. The van der Waals surface area contributed by atoms with E-state index in [0.717, 1.165) is 12.8 Å². The molecule has 1 aliphatic heterocycles. The monoisotopic (exact) mass is 285 g/mol. The first-order valence-electron chi connectivity index (χ1n) is 6.43. The van der Waals surface area contributed by atoms with Gasteiger partial charge in [0.2, 0.25) is 5.22 Å². The van der Waals surface area contributed by atoms with Gasteiger partial charge in [-0.15, -0.1) is 0 Å². The van der Waals surface area contributed by atoms with Gasteiger partial charge in [-0.3, -0.25) is 4.79 Å². The Morgan fingerprint density at radius 2 is 2.21 bits per heavy atom. The number of carbonyl (C=O) groups excluding carboxylic acids is 1. The van der Waals surface area contributed by atoms with E-state index < -0.39 is 0 Å². The molecule has 104 valence electrons. The highest BCUT2D eigenvalue weighted by molar-refractivity contribution is 6.32. The number of rotatable bonds is 2. The summed E-state index contributed by atoms with van der Waals surface area (Å²) in [6.07, 6.45) is 3.16. The van der Waals surface area contributed by atoms with E-state index in [-0.39, 0.29) is 28.7 Å². The molecule has 1 saturated heterocycles. The molecule has 0 unspecified atom stereocenters. The Balaban J connectivity index is 1.70. The van der Waals surface area contributed by atoms with Crippen LogP contribution in [0, 0.1) is 5.41 Å². The van der Waals surface area contributed by atoms with Gasteiger partial charge >= 0.3 is 0 Å². The molecule has 1 aromatic rings.